The predicted octanol–water partition coefficient (Wildman–Crippen LogP) is 23.3. The molecule has 2 unspecified atom stereocenters. The average Bonchev–Trinajstić information content (AvgIpc) is 3.46. The third kappa shape index (κ3) is 67.5. The van der Waals surface area contributed by atoms with Crippen molar-refractivity contribution in [3.63, 3.8) is 0 Å². The second-order valence-electron chi connectivity index (χ2n) is 24.5. The van der Waals surface area contributed by atoms with Gasteiger partial charge >= 0.3 is 19.8 Å². The Morgan fingerprint density at radius 1 is 0.358 bits per heavy atom. The van der Waals surface area contributed by atoms with Gasteiger partial charge in [0.15, 0.2) is 6.10 Å². The van der Waals surface area contributed by atoms with Gasteiger partial charge in [0.1, 0.15) is 6.61 Å². The molecule has 2 atom stereocenters. The summed E-state index contributed by atoms with van der Waals surface area (Å²) >= 11 is 0. The zero-order valence-corrected chi connectivity index (χ0v) is 55.0. The topological polar surface area (TPSA) is 134 Å². The van der Waals surface area contributed by atoms with Crippen molar-refractivity contribution in [3.05, 3.63) is 24.3 Å². The van der Waals surface area contributed by atoms with Gasteiger partial charge < -0.3 is 20.1 Å². The zero-order valence-electron chi connectivity index (χ0n) is 54.1. The van der Waals surface area contributed by atoms with E-state index in [0.29, 0.717) is 6.42 Å². The van der Waals surface area contributed by atoms with Crippen molar-refractivity contribution < 1.29 is 37.6 Å². The van der Waals surface area contributed by atoms with E-state index in [1.165, 1.54) is 321 Å². The molecule has 0 saturated heterocycles. The van der Waals surface area contributed by atoms with Crippen LogP contribution in [0.4, 0.5) is 0 Å². The first-order chi connectivity index (χ1) is 39.8. The van der Waals surface area contributed by atoms with Crippen molar-refractivity contribution in [2.45, 2.75) is 392 Å². The zero-order chi connectivity index (χ0) is 58.7. The van der Waals surface area contributed by atoms with E-state index in [9.17, 15) is 19.0 Å². The summed E-state index contributed by atoms with van der Waals surface area (Å²) in [5.41, 5.74) is 5.40. The molecule has 0 heterocycles. The van der Waals surface area contributed by atoms with E-state index in [2.05, 4.69) is 38.2 Å². The van der Waals surface area contributed by atoms with Crippen LogP contribution in [-0.4, -0.2) is 49.3 Å². The lowest BCUT2D eigenvalue weighted by Gasteiger charge is -2.19. The van der Waals surface area contributed by atoms with Gasteiger partial charge in [-0.25, -0.2) is 4.57 Å². The van der Waals surface area contributed by atoms with E-state index < -0.39 is 26.5 Å². The molecule has 0 radical (unpaired) electrons. The number of esters is 2. The Hall–Kier alpha value is -1.51. The maximum Gasteiger partial charge on any atom is 0.472 e. The lowest BCUT2D eigenvalue weighted by molar-refractivity contribution is -0.161. The Labute approximate surface area is 503 Å². The number of carbonyl (C=O) groups is 2. The normalized spacial score (nSPS) is 13.0. The molecule has 81 heavy (non-hydrogen) atoms. The van der Waals surface area contributed by atoms with Crippen molar-refractivity contribution in [2.24, 2.45) is 5.73 Å². The number of rotatable bonds is 69. The van der Waals surface area contributed by atoms with Crippen molar-refractivity contribution in [2.75, 3.05) is 26.4 Å². The first-order valence-electron chi connectivity index (χ1n) is 35.8. The van der Waals surface area contributed by atoms with Gasteiger partial charge in [-0.1, -0.05) is 334 Å². The molecule has 10 heteroatoms. The molecule has 0 aliphatic carbocycles. The van der Waals surface area contributed by atoms with Crippen molar-refractivity contribution in [1.29, 1.82) is 0 Å². The molecule has 0 amide bonds. The number of phosphoric ester groups is 1. The predicted molar refractivity (Wildman–Crippen MR) is 349 cm³/mol. The van der Waals surface area contributed by atoms with E-state index >= 15 is 0 Å². The Kier molecular flexibility index (Phi) is 66.4. The summed E-state index contributed by atoms with van der Waals surface area (Å²) in [6.45, 7) is 3.83. The van der Waals surface area contributed by atoms with E-state index in [-0.39, 0.29) is 38.6 Å². The van der Waals surface area contributed by atoms with Crippen molar-refractivity contribution in [3.8, 4) is 0 Å². The standard InChI is InChI=1S/C71H138NO8P/c1-3-5-7-9-11-13-15-17-19-21-23-25-27-29-31-33-34-36-38-40-42-44-46-48-50-52-54-56-58-60-62-64-71(74)80-69(68-79-81(75,76)78-66-65-72)67-77-70(73)63-61-59-57-55-53-51-49-47-45-43-41-39-37-35-32-30-28-26-24-22-20-18-16-14-12-10-8-6-4-2/h21-24,69H,3-20,25-68,72H2,1-2H3,(H,75,76)/b23-21-,24-22-. The highest BCUT2D eigenvalue weighted by molar-refractivity contribution is 7.47. The molecule has 480 valence electrons. The van der Waals surface area contributed by atoms with Crippen LogP contribution in [0.2, 0.25) is 0 Å². The number of phosphoric acid groups is 1. The minimum absolute atomic E-state index is 0.0568. The van der Waals surface area contributed by atoms with Gasteiger partial charge in [-0.15, -0.1) is 0 Å². The number of ether oxygens (including phenoxy) is 2. The van der Waals surface area contributed by atoms with Gasteiger partial charge in [-0.2, -0.15) is 0 Å². The first kappa shape index (κ1) is 79.5. The number of unbranched alkanes of at least 4 members (excludes halogenated alkanes) is 52. The summed E-state index contributed by atoms with van der Waals surface area (Å²) in [5, 5.41) is 0. The lowest BCUT2D eigenvalue weighted by Crippen LogP contribution is -2.29. The van der Waals surface area contributed by atoms with Crippen LogP contribution < -0.4 is 5.73 Å². The molecule has 0 aliphatic heterocycles. The fraction of sp³-hybridized carbons (Fsp3) is 0.915. The lowest BCUT2D eigenvalue weighted by atomic mass is 10.0. The fourth-order valence-corrected chi connectivity index (χ4v) is 11.8. The van der Waals surface area contributed by atoms with Crippen LogP contribution in [0.3, 0.4) is 0 Å². The van der Waals surface area contributed by atoms with Crippen LogP contribution in [-0.2, 0) is 32.7 Å². The smallest absolute Gasteiger partial charge is 0.462 e. The number of hydrogen-bond acceptors (Lipinski definition) is 8. The molecule has 3 N–H and O–H groups in total. The SMILES string of the molecule is CCCCCCCCCC/C=C\CCCCCCCCCCCCCCCCCCCCCC(=O)OC(COC(=O)CCCCCCCCCCCCCCCCCCC/C=C\CCCCCCCCCC)COP(=O)(O)OCCN. The molecule has 0 rings (SSSR count). The molecule has 0 aromatic rings. The van der Waals surface area contributed by atoms with Gasteiger partial charge in [-0.3, -0.25) is 18.6 Å². The first-order valence-corrected chi connectivity index (χ1v) is 37.3. The maximum absolute atomic E-state index is 12.8. The van der Waals surface area contributed by atoms with Gasteiger partial charge in [0, 0.05) is 19.4 Å². The van der Waals surface area contributed by atoms with Crippen LogP contribution in [0.1, 0.15) is 386 Å². The molecule has 0 spiro atoms. The van der Waals surface area contributed by atoms with Crippen LogP contribution in [0, 0.1) is 0 Å². The average molecular weight is 1160 g/mol. The highest BCUT2D eigenvalue weighted by atomic mass is 31.2. The van der Waals surface area contributed by atoms with Crippen molar-refractivity contribution >= 4 is 19.8 Å². The summed E-state index contributed by atoms with van der Waals surface area (Å²) in [4.78, 5) is 35.4. The van der Waals surface area contributed by atoms with E-state index in [1.54, 1.807) is 0 Å². The van der Waals surface area contributed by atoms with Crippen molar-refractivity contribution in [1.82, 2.24) is 0 Å². The highest BCUT2D eigenvalue weighted by Crippen LogP contribution is 2.43. The van der Waals surface area contributed by atoms with E-state index in [0.717, 1.165) is 32.1 Å². The molecule has 0 aromatic heterocycles. The summed E-state index contributed by atoms with van der Waals surface area (Å²) in [5.74, 6) is -0.803. The number of hydrogen-bond donors (Lipinski definition) is 2. The van der Waals surface area contributed by atoms with E-state index in [1.807, 2.05) is 0 Å². The van der Waals surface area contributed by atoms with Crippen LogP contribution >= 0.6 is 7.82 Å². The Balaban J connectivity index is 3.81. The van der Waals surface area contributed by atoms with Gasteiger partial charge in [-0.05, 0) is 64.2 Å². The molecular weight excluding hydrogens is 1030 g/mol. The molecule has 0 aromatic carbocycles. The molecule has 0 saturated carbocycles. The number of nitrogens with two attached hydrogens (primary N) is 1. The number of allylic oxidation sites excluding steroid dienone is 4. The Morgan fingerprint density at radius 2 is 0.605 bits per heavy atom. The van der Waals surface area contributed by atoms with Crippen LogP contribution in [0.25, 0.3) is 0 Å². The largest absolute Gasteiger partial charge is 0.472 e. The van der Waals surface area contributed by atoms with Crippen LogP contribution in [0.5, 0.6) is 0 Å². The molecule has 9 nitrogen and oxygen atoms in total. The van der Waals surface area contributed by atoms with Crippen LogP contribution in [0.15, 0.2) is 24.3 Å². The Morgan fingerprint density at radius 3 is 0.877 bits per heavy atom. The summed E-state index contributed by atoms with van der Waals surface area (Å²) in [7, 11) is -4.39. The monoisotopic (exact) mass is 1160 g/mol. The van der Waals surface area contributed by atoms with Gasteiger partial charge in [0.25, 0.3) is 0 Å². The summed E-state index contributed by atoms with van der Waals surface area (Å²) in [6.07, 6.45) is 82.9. The summed E-state index contributed by atoms with van der Waals surface area (Å²) < 4.78 is 33.2. The molecule has 0 aliphatic rings. The molecule has 0 bridgehead atoms. The third-order valence-electron chi connectivity index (χ3n) is 16.3. The highest BCUT2D eigenvalue weighted by Gasteiger charge is 2.26. The second kappa shape index (κ2) is 67.6. The Bertz CT molecular complexity index is 1380. The number of carbonyl (C=O) groups excluding carboxylic acids is 2. The van der Waals surface area contributed by atoms with E-state index in [4.69, 9.17) is 24.3 Å². The maximum atomic E-state index is 12.8. The van der Waals surface area contributed by atoms with Gasteiger partial charge in [0.05, 0.1) is 13.2 Å². The molecule has 0 fully saturated rings. The third-order valence-corrected chi connectivity index (χ3v) is 17.3. The quantitative estimate of drug-likeness (QED) is 0.0264. The minimum Gasteiger partial charge on any atom is -0.462 e. The second-order valence-corrected chi connectivity index (χ2v) is 25.9. The summed E-state index contributed by atoms with van der Waals surface area (Å²) in [6, 6.07) is 0. The van der Waals surface area contributed by atoms with Gasteiger partial charge in [0.2, 0.25) is 0 Å². The fourth-order valence-electron chi connectivity index (χ4n) is 11.0. The minimum atomic E-state index is -4.39. The molecular formula is C71H138NO8P.